The van der Waals surface area contributed by atoms with Crippen LogP contribution in [0.15, 0.2) is 18.3 Å². The van der Waals surface area contributed by atoms with Crippen molar-refractivity contribution in [2.45, 2.75) is 25.7 Å². The van der Waals surface area contributed by atoms with Gasteiger partial charge >= 0.3 is 0 Å². The highest BCUT2D eigenvalue weighted by atomic mass is 16.1. The highest BCUT2D eigenvalue weighted by molar-refractivity contribution is 5.93. The molecule has 0 bridgehead atoms. The summed E-state index contributed by atoms with van der Waals surface area (Å²) in [5, 5.41) is 0. The van der Waals surface area contributed by atoms with Gasteiger partial charge in [-0.05, 0) is 25.0 Å². The largest absolute Gasteiger partial charge is 0.366 e. The van der Waals surface area contributed by atoms with Gasteiger partial charge in [-0.1, -0.05) is 12.8 Å². The average Bonchev–Trinajstić information content (AvgIpc) is 2.57. The summed E-state index contributed by atoms with van der Waals surface area (Å²) in [6.07, 6.45) is 6.61. The lowest BCUT2D eigenvalue weighted by molar-refractivity contribution is 0.1000. The minimum absolute atomic E-state index is 0.390. The number of aromatic nitrogens is 1. The van der Waals surface area contributed by atoms with Crippen molar-refractivity contribution in [3.05, 3.63) is 23.9 Å². The van der Waals surface area contributed by atoms with E-state index in [-0.39, 0.29) is 0 Å². The third-order valence-electron chi connectivity index (χ3n) is 2.96. The first-order chi connectivity index (χ1) is 7.77. The van der Waals surface area contributed by atoms with Gasteiger partial charge in [-0.15, -0.1) is 0 Å². The van der Waals surface area contributed by atoms with Crippen LogP contribution in [0.2, 0.25) is 0 Å². The number of nitrogens with two attached hydrogens (primary N) is 1. The highest BCUT2D eigenvalue weighted by Crippen LogP contribution is 2.17. The van der Waals surface area contributed by atoms with E-state index in [1.165, 1.54) is 25.7 Å². The minimum Gasteiger partial charge on any atom is -0.366 e. The number of carbonyl (C=O) groups is 1. The topological polar surface area (TPSA) is 59.2 Å². The van der Waals surface area contributed by atoms with Crippen LogP contribution in [0.5, 0.6) is 0 Å². The number of hydrogen-bond acceptors (Lipinski definition) is 3. The van der Waals surface area contributed by atoms with E-state index in [0.29, 0.717) is 5.56 Å². The molecule has 2 heterocycles. The lowest BCUT2D eigenvalue weighted by Crippen LogP contribution is -2.25. The molecule has 16 heavy (non-hydrogen) atoms. The summed E-state index contributed by atoms with van der Waals surface area (Å²) in [4.78, 5) is 17.6. The van der Waals surface area contributed by atoms with Gasteiger partial charge in [-0.2, -0.15) is 0 Å². The van der Waals surface area contributed by atoms with Gasteiger partial charge in [-0.3, -0.25) is 4.79 Å². The fourth-order valence-corrected chi connectivity index (χ4v) is 2.04. The molecule has 2 rings (SSSR count). The normalized spacial score (nSPS) is 16.9. The first-order valence-corrected chi connectivity index (χ1v) is 5.78. The maximum absolute atomic E-state index is 11.1. The second kappa shape index (κ2) is 4.96. The number of rotatable bonds is 2. The van der Waals surface area contributed by atoms with Crippen LogP contribution in [0.1, 0.15) is 36.0 Å². The van der Waals surface area contributed by atoms with Gasteiger partial charge in [0.2, 0.25) is 5.91 Å². The summed E-state index contributed by atoms with van der Waals surface area (Å²) in [5.74, 6) is 0.483. The average molecular weight is 219 g/mol. The summed E-state index contributed by atoms with van der Waals surface area (Å²) in [6, 6.07) is 3.44. The van der Waals surface area contributed by atoms with E-state index >= 15 is 0 Å². The standard InChI is InChI=1S/C12H17N3O/c13-12(16)10-5-6-14-11(9-10)15-7-3-1-2-4-8-15/h5-6,9H,1-4,7-8H2,(H2,13,16). The molecule has 1 aromatic rings. The Morgan fingerprint density at radius 1 is 1.25 bits per heavy atom. The molecule has 1 aliphatic heterocycles. The molecule has 2 N–H and O–H groups in total. The molecule has 4 nitrogen and oxygen atoms in total. The Bertz CT molecular complexity index is 370. The molecular formula is C12H17N3O. The predicted molar refractivity (Wildman–Crippen MR) is 63.4 cm³/mol. The summed E-state index contributed by atoms with van der Waals surface area (Å²) in [6.45, 7) is 2.05. The maximum Gasteiger partial charge on any atom is 0.248 e. The van der Waals surface area contributed by atoms with Crippen molar-refractivity contribution in [3.63, 3.8) is 0 Å². The molecule has 86 valence electrons. The van der Waals surface area contributed by atoms with Gasteiger partial charge in [0.05, 0.1) is 0 Å². The molecule has 0 radical (unpaired) electrons. The Kier molecular flexibility index (Phi) is 3.39. The Balaban J connectivity index is 2.18. The van der Waals surface area contributed by atoms with Crippen molar-refractivity contribution in [3.8, 4) is 0 Å². The minimum atomic E-state index is -0.390. The van der Waals surface area contributed by atoms with Crippen LogP contribution in [-0.4, -0.2) is 24.0 Å². The van der Waals surface area contributed by atoms with Gasteiger partial charge in [0.25, 0.3) is 0 Å². The van der Waals surface area contributed by atoms with Crippen LogP contribution < -0.4 is 10.6 Å². The van der Waals surface area contributed by atoms with Crippen molar-refractivity contribution in [1.29, 1.82) is 0 Å². The molecule has 0 aliphatic carbocycles. The molecule has 1 amide bonds. The zero-order valence-electron chi connectivity index (χ0n) is 9.35. The number of anilines is 1. The number of amides is 1. The van der Waals surface area contributed by atoms with Crippen LogP contribution in [0.25, 0.3) is 0 Å². The van der Waals surface area contributed by atoms with Crippen LogP contribution in [0.3, 0.4) is 0 Å². The number of pyridine rings is 1. The first-order valence-electron chi connectivity index (χ1n) is 5.78. The molecular weight excluding hydrogens is 202 g/mol. The Morgan fingerprint density at radius 2 is 1.94 bits per heavy atom. The molecule has 0 aromatic carbocycles. The van der Waals surface area contributed by atoms with Gasteiger partial charge in [0.15, 0.2) is 0 Å². The Hall–Kier alpha value is -1.58. The van der Waals surface area contributed by atoms with Crippen molar-refractivity contribution in [2.24, 2.45) is 5.73 Å². The Labute approximate surface area is 95.5 Å². The van der Waals surface area contributed by atoms with E-state index in [9.17, 15) is 4.79 Å². The van der Waals surface area contributed by atoms with Gasteiger partial charge in [0.1, 0.15) is 5.82 Å². The molecule has 0 saturated carbocycles. The predicted octanol–water partition coefficient (Wildman–Crippen LogP) is 1.56. The third kappa shape index (κ3) is 2.51. The lowest BCUT2D eigenvalue weighted by Gasteiger charge is -2.21. The van der Waals surface area contributed by atoms with Crippen LogP contribution in [0, 0.1) is 0 Å². The zero-order valence-corrected chi connectivity index (χ0v) is 9.35. The van der Waals surface area contributed by atoms with E-state index in [1.807, 2.05) is 0 Å². The van der Waals surface area contributed by atoms with Crippen molar-refractivity contribution in [1.82, 2.24) is 4.98 Å². The number of nitrogens with zero attached hydrogens (tertiary/aromatic N) is 2. The molecule has 0 atom stereocenters. The van der Waals surface area contributed by atoms with E-state index in [2.05, 4.69) is 9.88 Å². The van der Waals surface area contributed by atoms with E-state index in [0.717, 1.165) is 18.9 Å². The molecule has 0 spiro atoms. The Morgan fingerprint density at radius 3 is 2.56 bits per heavy atom. The fraction of sp³-hybridized carbons (Fsp3) is 0.500. The number of primary amides is 1. The monoisotopic (exact) mass is 219 g/mol. The second-order valence-electron chi connectivity index (χ2n) is 4.17. The van der Waals surface area contributed by atoms with E-state index < -0.39 is 5.91 Å². The third-order valence-corrected chi connectivity index (χ3v) is 2.96. The van der Waals surface area contributed by atoms with Crippen LogP contribution in [0.4, 0.5) is 5.82 Å². The van der Waals surface area contributed by atoms with Gasteiger partial charge in [-0.25, -0.2) is 4.98 Å². The highest BCUT2D eigenvalue weighted by Gasteiger charge is 2.12. The van der Waals surface area contributed by atoms with Crippen molar-refractivity contribution >= 4 is 11.7 Å². The molecule has 4 heteroatoms. The molecule has 1 aromatic heterocycles. The maximum atomic E-state index is 11.1. The van der Waals surface area contributed by atoms with Crippen LogP contribution >= 0.6 is 0 Å². The van der Waals surface area contributed by atoms with E-state index in [4.69, 9.17) is 5.73 Å². The quantitative estimate of drug-likeness (QED) is 0.821. The molecule has 1 fully saturated rings. The van der Waals surface area contributed by atoms with Gasteiger partial charge in [0, 0.05) is 24.8 Å². The summed E-state index contributed by atoms with van der Waals surface area (Å²) < 4.78 is 0. The number of hydrogen-bond donors (Lipinski definition) is 1. The van der Waals surface area contributed by atoms with Crippen molar-refractivity contribution < 1.29 is 4.79 Å². The smallest absolute Gasteiger partial charge is 0.248 e. The summed E-state index contributed by atoms with van der Waals surface area (Å²) >= 11 is 0. The van der Waals surface area contributed by atoms with Crippen LogP contribution in [-0.2, 0) is 0 Å². The molecule has 1 saturated heterocycles. The van der Waals surface area contributed by atoms with E-state index in [1.54, 1.807) is 18.3 Å². The fourth-order valence-electron chi connectivity index (χ4n) is 2.04. The SMILES string of the molecule is NC(=O)c1ccnc(N2CCCCCC2)c1. The lowest BCUT2D eigenvalue weighted by atomic mass is 10.2. The van der Waals surface area contributed by atoms with Crippen molar-refractivity contribution in [2.75, 3.05) is 18.0 Å². The second-order valence-corrected chi connectivity index (χ2v) is 4.17. The zero-order chi connectivity index (χ0) is 11.4. The van der Waals surface area contributed by atoms with Gasteiger partial charge < -0.3 is 10.6 Å². The number of carbonyl (C=O) groups excluding carboxylic acids is 1. The molecule has 1 aliphatic rings. The molecule has 0 unspecified atom stereocenters. The summed E-state index contributed by atoms with van der Waals surface area (Å²) in [7, 11) is 0. The summed E-state index contributed by atoms with van der Waals surface area (Å²) in [5.41, 5.74) is 5.79. The first kappa shape index (κ1) is 10.9.